The van der Waals surface area contributed by atoms with Crippen LogP contribution < -0.4 is 5.32 Å². The van der Waals surface area contributed by atoms with Crippen LogP contribution in [0.1, 0.15) is 19.4 Å². The lowest BCUT2D eigenvalue weighted by Gasteiger charge is -2.40. The van der Waals surface area contributed by atoms with Crippen LogP contribution in [0.3, 0.4) is 0 Å². The zero-order valence-electron chi connectivity index (χ0n) is 15.4. The van der Waals surface area contributed by atoms with Gasteiger partial charge in [0.1, 0.15) is 18.3 Å². The van der Waals surface area contributed by atoms with Crippen LogP contribution >= 0.6 is 0 Å². The molecule has 0 spiro atoms. The number of amides is 2. The smallest absolute Gasteiger partial charge is 0.248 e. The Hall–Kier alpha value is -2.36. The Bertz CT molecular complexity index is 656. The molecule has 0 radical (unpaired) electrons. The van der Waals surface area contributed by atoms with Gasteiger partial charge >= 0.3 is 0 Å². The molecule has 2 atom stereocenters. The van der Waals surface area contributed by atoms with Crippen LogP contribution in [0.4, 0.5) is 0 Å². The summed E-state index contributed by atoms with van der Waals surface area (Å²) in [6, 6.07) is 9.65. The Labute approximate surface area is 154 Å². The number of carbonyl (C=O) groups is 2. The molecule has 2 rings (SSSR count). The summed E-state index contributed by atoms with van der Waals surface area (Å²) < 4.78 is 11.0. The molecular weight excluding hydrogens is 332 g/mol. The normalized spacial score (nSPS) is 20.9. The molecule has 0 saturated carbocycles. The summed E-state index contributed by atoms with van der Waals surface area (Å²) in [6.07, 6.45) is 4.85. The van der Waals surface area contributed by atoms with Crippen molar-refractivity contribution in [2.75, 3.05) is 32.8 Å². The zero-order valence-corrected chi connectivity index (χ0v) is 15.4. The topological polar surface area (TPSA) is 67.9 Å². The summed E-state index contributed by atoms with van der Waals surface area (Å²) in [4.78, 5) is 26.4. The number of carbonyl (C=O) groups excluding carboxylic acids is 2. The molecule has 1 aliphatic heterocycles. The highest BCUT2D eigenvalue weighted by molar-refractivity contribution is 5.80. The monoisotopic (exact) mass is 358 g/mol. The van der Waals surface area contributed by atoms with Crippen LogP contribution in [0.2, 0.25) is 0 Å². The standard InChI is InChI=1S/C20H26N2O4/c1-4-11-25-16(2)19(24)21-14-20(3)15-22(10-12-26-20)18(23)13-17-8-6-5-7-9-17/h1,5-9,16H,10-15H2,2-3H3,(H,21,24). The van der Waals surface area contributed by atoms with Crippen LogP contribution in [-0.4, -0.2) is 61.3 Å². The molecule has 0 aromatic heterocycles. The lowest BCUT2D eigenvalue weighted by atomic mass is 10.0. The Balaban J connectivity index is 1.86. The van der Waals surface area contributed by atoms with Gasteiger partial charge in [-0.05, 0) is 19.4 Å². The van der Waals surface area contributed by atoms with Crippen LogP contribution in [0, 0.1) is 12.3 Å². The van der Waals surface area contributed by atoms with E-state index in [-0.39, 0.29) is 18.4 Å². The van der Waals surface area contributed by atoms with Gasteiger partial charge in [0.2, 0.25) is 11.8 Å². The molecular formula is C20H26N2O4. The molecule has 6 heteroatoms. The number of hydrogen-bond acceptors (Lipinski definition) is 4. The highest BCUT2D eigenvalue weighted by Gasteiger charge is 2.34. The summed E-state index contributed by atoms with van der Waals surface area (Å²) in [5.41, 5.74) is 0.352. The van der Waals surface area contributed by atoms with E-state index in [2.05, 4.69) is 11.2 Å². The van der Waals surface area contributed by atoms with Crippen LogP contribution in [0.15, 0.2) is 30.3 Å². The van der Waals surface area contributed by atoms with Gasteiger partial charge in [0.25, 0.3) is 0 Å². The van der Waals surface area contributed by atoms with E-state index < -0.39 is 11.7 Å². The molecule has 1 fully saturated rings. The number of rotatable bonds is 7. The van der Waals surface area contributed by atoms with E-state index in [1.54, 1.807) is 11.8 Å². The van der Waals surface area contributed by atoms with E-state index in [9.17, 15) is 9.59 Å². The van der Waals surface area contributed by atoms with Crippen molar-refractivity contribution >= 4 is 11.8 Å². The Morgan fingerprint density at radius 2 is 2.15 bits per heavy atom. The van der Waals surface area contributed by atoms with Crippen molar-refractivity contribution in [2.24, 2.45) is 0 Å². The minimum atomic E-state index is -0.633. The predicted octanol–water partition coefficient (Wildman–Crippen LogP) is 1.00. The number of ether oxygens (including phenoxy) is 2. The summed E-state index contributed by atoms with van der Waals surface area (Å²) in [5, 5.41) is 2.82. The fraction of sp³-hybridized carbons (Fsp3) is 0.500. The van der Waals surface area contributed by atoms with E-state index in [0.29, 0.717) is 32.7 Å². The largest absolute Gasteiger partial charge is 0.370 e. The Morgan fingerprint density at radius 1 is 1.42 bits per heavy atom. The number of hydrogen-bond donors (Lipinski definition) is 1. The van der Waals surface area contributed by atoms with Crippen molar-refractivity contribution in [2.45, 2.75) is 32.0 Å². The molecule has 1 heterocycles. The second-order valence-electron chi connectivity index (χ2n) is 6.65. The number of morpholine rings is 1. The van der Waals surface area contributed by atoms with Gasteiger partial charge in [0, 0.05) is 13.1 Å². The first kappa shape index (κ1) is 20.0. The second kappa shape index (κ2) is 9.37. The summed E-state index contributed by atoms with van der Waals surface area (Å²) >= 11 is 0. The fourth-order valence-electron chi connectivity index (χ4n) is 2.80. The van der Waals surface area contributed by atoms with Gasteiger partial charge < -0.3 is 19.7 Å². The van der Waals surface area contributed by atoms with Crippen molar-refractivity contribution in [3.8, 4) is 12.3 Å². The summed E-state index contributed by atoms with van der Waals surface area (Å²) in [7, 11) is 0. The Kier molecular flexibility index (Phi) is 7.19. The van der Waals surface area contributed by atoms with Gasteiger partial charge in [0.15, 0.2) is 0 Å². The highest BCUT2D eigenvalue weighted by Crippen LogP contribution is 2.18. The van der Waals surface area contributed by atoms with E-state index in [1.165, 1.54) is 0 Å². The molecule has 26 heavy (non-hydrogen) atoms. The molecule has 6 nitrogen and oxygen atoms in total. The second-order valence-corrected chi connectivity index (χ2v) is 6.65. The quantitative estimate of drug-likeness (QED) is 0.739. The van der Waals surface area contributed by atoms with Crippen molar-refractivity contribution in [1.29, 1.82) is 0 Å². The number of nitrogens with zero attached hydrogens (tertiary/aromatic N) is 1. The maximum Gasteiger partial charge on any atom is 0.248 e. The summed E-state index contributed by atoms with van der Waals surface area (Å²) in [6.45, 7) is 5.34. The van der Waals surface area contributed by atoms with E-state index in [0.717, 1.165) is 5.56 Å². The average molecular weight is 358 g/mol. The van der Waals surface area contributed by atoms with E-state index in [1.807, 2.05) is 37.3 Å². The highest BCUT2D eigenvalue weighted by atomic mass is 16.5. The van der Waals surface area contributed by atoms with Gasteiger partial charge in [-0.3, -0.25) is 9.59 Å². The number of terminal acetylenes is 1. The third-order valence-corrected chi connectivity index (χ3v) is 4.31. The van der Waals surface area contributed by atoms with Gasteiger partial charge in [-0.2, -0.15) is 0 Å². The lowest BCUT2D eigenvalue weighted by molar-refractivity contribution is -0.148. The average Bonchev–Trinajstić information content (AvgIpc) is 2.65. The predicted molar refractivity (Wildman–Crippen MR) is 98.3 cm³/mol. The first-order chi connectivity index (χ1) is 12.4. The molecule has 2 unspecified atom stereocenters. The van der Waals surface area contributed by atoms with Gasteiger partial charge in [-0.25, -0.2) is 0 Å². The van der Waals surface area contributed by atoms with Gasteiger partial charge in [0.05, 0.1) is 19.6 Å². The van der Waals surface area contributed by atoms with Gasteiger partial charge in [-0.15, -0.1) is 6.42 Å². The maximum atomic E-state index is 12.6. The molecule has 0 aliphatic carbocycles. The molecule has 140 valence electrons. The van der Waals surface area contributed by atoms with Crippen molar-refractivity contribution < 1.29 is 19.1 Å². The van der Waals surface area contributed by atoms with E-state index in [4.69, 9.17) is 15.9 Å². The first-order valence-electron chi connectivity index (χ1n) is 8.72. The maximum absolute atomic E-state index is 12.6. The molecule has 1 saturated heterocycles. The first-order valence-corrected chi connectivity index (χ1v) is 8.72. The molecule has 2 amide bonds. The van der Waals surface area contributed by atoms with Crippen molar-refractivity contribution in [3.63, 3.8) is 0 Å². The minimum Gasteiger partial charge on any atom is -0.370 e. The molecule has 1 aromatic rings. The zero-order chi connectivity index (χ0) is 19.0. The van der Waals surface area contributed by atoms with Crippen LogP contribution in [0.5, 0.6) is 0 Å². The molecule has 1 aromatic carbocycles. The Morgan fingerprint density at radius 3 is 2.85 bits per heavy atom. The number of benzene rings is 1. The third kappa shape index (κ3) is 5.87. The van der Waals surface area contributed by atoms with Crippen molar-refractivity contribution in [1.82, 2.24) is 10.2 Å². The fourth-order valence-corrected chi connectivity index (χ4v) is 2.80. The SMILES string of the molecule is C#CCOC(C)C(=O)NCC1(C)CN(C(=O)Cc2ccccc2)CCO1. The van der Waals surface area contributed by atoms with Crippen molar-refractivity contribution in [3.05, 3.63) is 35.9 Å². The third-order valence-electron chi connectivity index (χ3n) is 4.31. The van der Waals surface area contributed by atoms with Crippen LogP contribution in [-0.2, 0) is 25.5 Å². The van der Waals surface area contributed by atoms with Gasteiger partial charge in [-0.1, -0.05) is 36.3 Å². The lowest BCUT2D eigenvalue weighted by Crippen LogP contribution is -2.57. The minimum absolute atomic E-state index is 0.0581. The molecule has 1 aliphatic rings. The molecule has 1 N–H and O–H groups in total. The summed E-state index contributed by atoms with van der Waals surface area (Å²) in [5.74, 6) is 2.14. The number of nitrogens with one attached hydrogen (secondary N) is 1. The van der Waals surface area contributed by atoms with Crippen LogP contribution in [0.25, 0.3) is 0 Å². The van der Waals surface area contributed by atoms with E-state index >= 15 is 0 Å². The molecule has 0 bridgehead atoms.